The van der Waals surface area contributed by atoms with E-state index < -0.39 is 0 Å². The highest BCUT2D eigenvalue weighted by atomic mass is 127. The van der Waals surface area contributed by atoms with Crippen LogP contribution in [0.2, 0.25) is 0 Å². The molecule has 1 aromatic rings. The van der Waals surface area contributed by atoms with Gasteiger partial charge in [-0.25, -0.2) is 0 Å². The summed E-state index contributed by atoms with van der Waals surface area (Å²) in [7, 11) is 0. The van der Waals surface area contributed by atoms with Crippen molar-refractivity contribution in [1.29, 1.82) is 0 Å². The van der Waals surface area contributed by atoms with Crippen LogP contribution in [0.4, 0.5) is 5.69 Å². The molecule has 0 bridgehead atoms. The number of halogens is 1. The van der Waals surface area contributed by atoms with Crippen molar-refractivity contribution in [1.82, 2.24) is 5.32 Å². The predicted molar refractivity (Wildman–Crippen MR) is 82.5 cm³/mol. The molecule has 0 aromatic heterocycles. The summed E-state index contributed by atoms with van der Waals surface area (Å²) in [5.41, 5.74) is 1.24. The van der Waals surface area contributed by atoms with E-state index in [1.807, 2.05) is 0 Å². The second-order valence-electron chi connectivity index (χ2n) is 4.94. The first kappa shape index (κ1) is 13.1. The van der Waals surface area contributed by atoms with Gasteiger partial charge in [0, 0.05) is 21.3 Å². The molecule has 1 fully saturated rings. The van der Waals surface area contributed by atoms with Crippen molar-refractivity contribution in [3.63, 3.8) is 0 Å². The standard InChI is InChI=1S/C14H21IN2/c1-11(9-13-6-2-3-8-16-13)17-14-7-4-5-12(15)10-14/h4-5,7,10-11,13,16-17H,2-3,6,8-9H2,1H3. The second-order valence-corrected chi connectivity index (χ2v) is 6.18. The monoisotopic (exact) mass is 344 g/mol. The minimum absolute atomic E-state index is 0.531. The molecule has 2 rings (SSSR count). The number of nitrogens with one attached hydrogen (secondary N) is 2. The lowest BCUT2D eigenvalue weighted by Gasteiger charge is -2.27. The van der Waals surface area contributed by atoms with Crippen LogP contribution in [0.3, 0.4) is 0 Å². The van der Waals surface area contributed by atoms with E-state index in [0.717, 1.165) is 0 Å². The highest BCUT2D eigenvalue weighted by molar-refractivity contribution is 14.1. The first-order chi connectivity index (χ1) is 8.24. The molecule has 1 aliphatic heterocycles. The summed E-state index contributed by atoms with van der Waals surface area (Å²) in [5, 5.41) is 7.19. The molecule has 0 saturated carbocycles. The minimum atomic E-state index is 0.531. The van der Waals surface area contributed by atoms with E-state index in [-0.39, 0.29) is 0 Å². The summed E-state index contributed by atoms with van der Waals surface area (Å²) in [5.74, 6) is 0. The molecule has 94 valence electrons. The lowest BCUT2D eigenvalue weighted by Crippen LogP contribution is -2.37. The van der Waals surface area contributed by atoms with Crippen molar-refractivity contribution >= 4 is 28.3 Å². The van der Waals surface area contributed by atoms with Crippen molar-refractivity contribution in [2.45, 2.75) is 44.7 Å². The number of hydrogen-bond donors (Lipinski definition) is 2. The van der Waals surface area contributed by atoms with E-state index in [1.165, 1.54) is 41.5 Å². The van der Waals surface area contributed by atoms with Gasteiger partial charge in [0.1, 0.15) is 0 Å². The molecule has 2 N–H and O–H groups in total. The van der Waals surface area contributed by atoms with Gasteiger partial charge in [0.25, 0.3) is 0 Å². The maximum absolute atomic E-state index is 3.61. The largest absolute Gasteiger partial charge is 0.383 e. The molecule has 0 spiro atoms. The Kier molecular flexibility index (Phi) is 5.10. The molecular formula is C14H21IN2. The van der Waals surface area contributed by atoms with Crippen LogP contribution in [-0.4, -0.2) is 18.6 Å². The molecule has 1 aliphatic rings. The molecule has 1 aromatic carbocycles. The third kappa shape index (κ3) is 4.47. The van der Waals surface area contributed by atoms with Gasteiger partial charge in [0.15, 0.2) is 0 Å². The van der Waals surface area contributed by atoms with Gasteiger partial charge in [-0.15, -0.1) is 0 Å². The summed E-state index contributed by atoms with van der Waals surface area (Å²) in [6.45, 7) is 3.47. The molecule has 17 heavy (non-hydrogen) atoms. The fraction of sp³-hybridized carbons (Fsp3) is 0.571. The Morgan fingerprint density at radius 2 is 2.35 bits per heavy atom. The lowest BCUT2D eigenvalue weighted by molar-refractivity contribution is 0.371. The zero-order valence-corrected chi connectivity index (χ0v) is 12.5. The highest BCUT2D eigenvalue weighted by Crippen LogP contribution is 2.17. The molecule has 0 radical (unpaired) electrons. The van der Waals surface area contributed by atoms with Crippen LogP contribution >= 0.6 is 22.6 Å². The summed E-state index contributed by atoms with van der Waals surface area (Å²) in [6, 6.07) is 9.81. The Morgan fingerprint density at radius 3 is 3.06 bits per heavy atom. The Labute approximate surface area is 118 Å². The topological polar surface area (TPSA) is 24.1 Å². The maximum Gasteiger partial charge on any atom is 0.0352 e. The Hall–Kier alpha value is -0.290. The van der Waals surface area contributed by atoms with E-state index in [9.17, 15) is 0 Å². The molecule has 2 unspecified atom stereocenters. The number of anilines is 1. The average Bonchev–Trinajstić information content (AvgIpc) is 2.30. The molecule has 2 atom stereocenters. The smallest absolute Gasteiger partial charge is 0.0352 e. The van der Waals surface area contributed by atoms with Gasteiger partial charge in [-0.1, -0.05) is 12.5 Å². The fourth-order valence-corrected chi connectivity index (χ4v) is 3.02. The first-order valence-electron chi connectivity index (χ1n) is 6.49. The molecule has 3 heteroatoms. The summed E-state index contributed by atoms with van der Waals surface area (Å²) in [6.07, 6.45) is 5.27. The van der Waals surface area contributed by atoms with Gasteiger partial charge in [-0.2, -0.15) is 0 Å². The normalized spacial score (nSPS) is 22.1. The van der Waals surface area contributed by atoms with Crippen molar-refractivity contribution in [3.8, 4) is 0 Å². The van der Waals surface area contributed by atoms with Gasteiger partial charge in [-0.3, -0.25) is 0 Å². The van der Waals surface area contributed by atoms with Crippen LogP contribution in [0.15, 0.2) is 24.3 Å². The first-order valence-corrected chi connectivity index (χ1v) is 7.57. The second kappa shape index (κ2) is 6.59. The van der Waals surface area contributed by atoms with E-state index in [2.05, 4.69) is 64.4 Å². The predicted octanol–water partition coefficient (Wildman–Crippen LogP) is 3.62. The quantitative estimate of drug-likeness (QED) is 0.816. The van der Waals surface area contributed by atoms with E-state index in [1.54, 1.807) is 0 Å². The van der Waals surface area contributed by atoms with Crippen molar-refractivity contribution in [2.75, 3.05) is 11.9 Å². The van der Waals surface area contributed by atoms with E-state index in [0.29, 0.717) is 12.1 Å². The molecular weight excluding hydrogens is 323 g/mol. The number of hydrogen-bond acceptors (Lipinski definition) is 2. The molecule has 0 aliphatic carbocycles. The van der Waals surface area contributed by atoms with Crippen LogP contribution in [0.1, 0.15) is 32.6 Å². The lowest BCUT2D eigenvalue weighted by atomic mass is 9.99. The summed E-state index contributed by atoms with van der Waals surface area (Å²) < 4.78 is 1.29. The SMILES string of the molecule is CC(CC1CCCCN1)Nc1cccc(I)c1. The third-order valence-electron chi connectivity index (χ3n) is 3.29. The van der Waals surface area contributed by atoms with Gasteiger partial charge in [0.2, 0.25) is 0 Å². The number of benzene rings is 1. The van der Waals surface area contributed by atoms with Gasteiger partial charge < -0.3 is 10.6 Å². The highest BCUT2D eigenvalue weighted by Gasteiger charge is 2.15. The van der Waals surface area contributed by atoms with Crippen molar-refractivity contribution in [2.24, 2.45) is 0 Å². The summed E-state index contributed by atoms with van der Waals surface area (Å²) >= 11 is 2.36. The van der Waals surface area contributed by atoms with Crippen molar-refractivity contribution in [3.05, 3.63) is 27.8 Å². The zero-order valence-electron chi connectivity index (χ0n) is 10.4. The Balaban J connectivity index is 1.82. The minimum Gasteiger partial charge on any atom is -0.383 e. The van der Waals surface area contributed by atoms with Crippen LogP contribution in [0.25, 0.3) is 0 Å². The molecule has 1 saturated heterocycles. The van der Waals surface area contributed by atoms with Crippen LogP contribution in [-0.2, 0) is 0 Å². The van der Waals surface area contributed by atoms with Gasteiger partial charge in [-0.05, 0) is 73.5 Å². The van der Waals surface area contributed by atoms with Crippen LogP contribution in [0.5, 0.6) is 0 Å². The average molecular weight is 344 g/mol. The number of rotatable bonds is 4. The van der Waals surface area contributed by atoms with E-state index in [4.69, 9.17) is 0 Å². The third-order valence-corrected chi connectivity index (χ3v) is 3.96. The fourth-order valence-electron chi connectivity index (χ4n) is 2.47. The number of piperidine rings is 1. The summed E-state index contributed by atoms with van der Waals surface area (Å²) in [4.78, 5) is 0. The van der Waals surface area contributed by atoms with Gasteiger partial charge in [0.05, 0.1) is 0 Å². The Morgan fingerprint density at radius 1 is 1.47 bits per heavy atom. The molecule has 2 nitrogen and oxygen atoms in total. The molecule has 1 heterocycles. The maximum atomic E-state index is 3.61. The molecule has 0 amide bonds. The van der Waals surface area contributed by atoms with Crippen LogP contribution in [0, 0.1) is 3.57 Å². The van der Waals surface area contributed by atoms with Crippen LogP contribution < -0.4 is 10.6 Å². The van der Waals surface area contributed by atoms with Crippen molar-refractivity contribution < 1.29 is 0 Å². The zero-order chi connectivity index (χ0) is 12.1. The van der Waals surface area contributed by atoms with Gasteiger partial charge >= 0.3 is 0 Å². The van der Waals surface area contributed by atoms with E-state index >= 15 is 0 Å². The Bertz CT molecular complexity index is 348.